The van der Waals surface area contributed by atoms with Crippen molar-refractivity contribution in [2.45, 2.75) is 6.92 Å². The van der Waals surface area contributed by atoms with Crippen molar-refractivity contribution < 1.29 is 13.2 Å². The summed E-state index contributed by atoms with van der Waals surface area (Å²) in [6.45, 7) is 1.77. The Balaban J connectivity index is 2.07. The fraction of sp³-hybridized carbons (Fsp3) is 0.0714. The molecule has 0 saturated heterocycles. The maximum absolute atomic E-state index is 13.6. The summed E-state index contributed by atoms with van der Waals surface area (Å²) in [4.78, 5) is 0. The van der Waals surface area contributed by atoms with Crippen molar-refractivity contribution in [3.8, 4) is 0 Å². The predicted octanol–water partition coefficient (Wildman–Crippen LogP) is 4.22. The monoisotopic (exact) mass is 296 g/mol. The lowest BCUT2D eigenvalue weighted by atomic mass is 10.2. The molecule has 0 aliphatic carbocycles. The van der Waals surface area contributed by atoms with Gasteiger partial charge in [-0.2, -0.15) is 0 Å². The third-order valence-electron chi connectivity index (χ3n) is 2.55. The number of aryl methyl sites for hydroxylation is 1. The Bertz CT molecular complexity index is 659. The van der Waals surface area contributed by atoms with E-state index in [2.05, 4.69) is 10.6 Å². The number of hydrogen-bond donors (Lipinski definition) is 2. The molecular weight excluding hydrogens is 285 g/mol. The number of rotatable bonds is 2. The molecule has 0 heterocycles. The van der Waals surface area contributed by atoms with Crippen molar-refractivity contribution in [3.63, 3.8) is 0 Å². The maximum Gasteiger partial charge on any atom is 0.175 e. The van der Waals surface area contributed by atoms with E-state index in [9.17, 15) is 13.2 Å². The first-order valence-electron chi connectivity index (χ1n) is 5.75. The summed E-state index contributed by atoms with van der Waals surface area (Å²) in [5, 5.41) is 5.38. The fourth-order valence-corrected chi connectivity index (χ4v) is 1.81. The van der Waals surface area contributed by atoms with Crippen LogP contribution < -0.4 is 10.6 Å². The van der Waals surface area contributed by atoms with Crippen molar-refractivity contribution in [2.75, 3.05) is 10.6 Å². The lowest BCUT2D eigenvalue weighted by Gasteiger charge is -2.11. The van der Waals surface area contributed by atoms with Crippen molar-refractivity contribution in [1.29, 1.82) is 0 Å². The molecule has 2 rings (SSSR count). The molecule has 0 aliphatic rings. The van der Waals surface area contributed by atoms with Gasteiger partial charge in [-0.1, -0.05) is 6.07 Å². The van der Waals surface area contributed by atoms with Gasteiger partial charge in [-0.05, 0) is 49.0 Å². The first kappa shape index (κ1) is 14.3. The summed E-state index contributed by atoms with van der Waals surface area (Å²) >= 11 is 4.98. The molecule has 0 aliphatic heterocycles. The molecule has 0 atom stereocenters. The van der Waals surface area contributed by atoms with Crippen LogP contribution in [0.4, 0.5) is 24.5 Å². The van der Waals surface area contributed by atoms with Crippen LogP contribution in [-0.2, 0) is 0 Å². The van der Waals surface area contributed by atoms with Crippen LogP contribution in [0.15, 0.2) is 36.4 Å². The largest absolute Gasteiger partial charge is 0.332 e. The van der Waals surface area contributed by atoms with Crippen molar-refractivity contribution in [2.24, 2.45) is 0 Å². The molecule has 2 aromatic rings. The van der Waals surface area contributed by atoms with Gasteiger partial charge in [0.15, 0.2) is 16.7 Å². The zero-order valence-electron chi connectivity index (χ0n) is 10.5. The van der Waals surface area contributed by atoms with Crippen LogP contribution in [0.25, 0.3) is 0 Å². The van der Waals surface area contributed by atoms with Crippen LogP contribution >= 0.6 is 12.2 Å². The number of halogens is 3. The standard InChI is InChI=1S/C14H11F3N2S/c1-8-2-5-13(12(17)6-8)19-14(20)18-9-3-4-10(15)11(16)7-9/h2-7H,1H3,(H2,18,19,20). The van der Waals surface area contributed by atoms with E-state index in [0.29, 0.717) is 0 Å². The lowest BCUT2D eigenvalue weighted by molar-refractivity contribution is 0.509. The second kappa shape index (κ2) is 5.92. The van der Waals surface area contributed by atoms with E-state index in [1.165, 1.54) is 12.1 Å². The van der Waals surface area contributed by atoms with Gasteiger partial charge in [-0.15, -0.1) is 0 Å². The molecular formula is C14H11F3N2S. The molecule has 6 heteroatoms. The van der Waals surface area contributed by atoms with Gasteiger partial charge in [-0.3, -0.25) is 0 Å². The van der Waals surface area contributed by atoms with Crippen molar-refractivity contribution in [1.82, 2.24) is 0 Å². The van der Waals surface area contributed by atoms with Crippen LogP contribution in [0.2, 0.25) is 0 Å². The van der Waals surface area contributed by atoms with Crippen molar-refractivity contribution >= 4 is 28.7 Å². The minimum absolute atomic E-state index is 0.0822. The smallest absolute Gasteiger partial charge is 0.175 e. The van der Waals surface area contributed by atoms with Gasteiger partial charge in [0.25, 0.3) is 0 Å². The normalized spacial score (nSPS) is 10.2. The quantitative estimate of drug-likeness (QED) is 0.811. The fourth-order valence-electron chi connectivity index (χ4n) is 1.58. The maximum atomic E-state index is 13.6. The summed E-state index contributed by atoms with van der Waals surface area (Å²) < 4.78 is 39.4. The topological polar surface area (TPSA) is 24.1 Å². The van der Waals surface area contributed by atoms with Gasteiger partial charge in [-0.25, -0.2) is 13.2 Å². The molecule has 2 N–H and O–H groups in total. The Morgan fingerprint density at radius 2 is 1.65 bits per heavy atom. The zero-order chi connectivity index (χ0) is 14.7. The molecule has 0 radical (unpaired) electrons. The lowest BCUT2D eigenvalue weighted by Crippen LogP contribution is -2.20. The molecule has 104 valence electrons. The number of benzene rings is 2. The Morgan fingerprint density at radius 1 is 0.900 bits per heavy atom. The van der Waals surface area contributed by atoms with Crippen LogP contribution in [0.5, 0.6) is 0 Å². The molecule has 0 aromatic heterocycles. The summed E-state index contributed by atoms with van der Waals surface area (Å²) in [7, 11) is 0. The van der Waals surface area contributed by atoms with Gasteiger partial charge in [0.05, 0.1) is 5.69 Å². The number of thiocarbonyl (C=S) groups is 1. The summed E-state index contributed by atoms with van der Waals surface area (Å²) in [6.07, 6.45) is 0. The number of anilines is 2. The summed E-state index contributed by atoms with van der Waals surface area (Å²) in [5.41, 5.74) is 1.26. The first-order valence-corrected chi connectivity index (χ1v) is 6.16. The second-order valence-corrected chi connectivity index (χ2v) is 4.60. The van der Waals surface area contributed by atoms with Crippen molar-refractivity contribution in [3.05, 3.63) is 59.4 Å². The van der Waals surface area contributed by atoms with E-state index >= 15 is 0 Å². The highest BCUT2D eigenvalue weighted by molar-refractivity contribution is 7.80. The van der Waals surface area contributed by atoms with Gasteiger partial charge in [0.2, 0.25) is 0 Å². The predicted molar refractivity (Wildman–Crippen MR) is 77.3 cm³/mol. The van der Waals surface area contributed by atoms with Crippen LogP contribution in [0.3, 0.4) is 0 Å². The van der Waals surface area contributed by atoms with Crippen LogP contribution in [0.1, 0.15) is 5.56 Å². The number of hydrogen-bond acceptors (Lipinski definition) is 1. The zero-order valence-corrected chi connectivity index (χ0v) is 11.3. The van der Waals surface area contributed by atoms with Gasteiger partial charge in [0, 0.05) is 11.8 Å². The molecule has 0 bridgehead atoms. The Morgan fingerprint density at radius 3 is 2.30 bits per heavy atom. The van der Waals surface area contributed by atoms with E-state index in [-0.39, 0.29) is 16.5 Å². The Hall–Kier alpha value is -2.08. The van der Waals surface area contributed by atoms with Crippen LogP contribution in [0, 0.1) is 24.4 Å². The highest BCUT2D eigenvalue weighted by Crippen LogP contribution is 2.17. The molecule has 0 unspecified atom stereocenters. The molecule has 2 aromatic carbocycles. The molecule has 0 spiro atoms. The van der Waals surface area contributed by atoms with Gasteiger partial charge < -0.3 is 10.6 Å². The van der Waals surface area contributed by atoms with Gasteiger partial charge >= 0.3 is 0 Å². The average molecular weight is 296 g/mol. The second-order valence-electron chi connectivity index (χ2n) is 4.19. The van der Waals surface area contributed by atoms with E-state index in [0.717, 1.165) is 17.7 Å². The summed E-state index contributed by atoms with van der Waals surface area (Å²) in [6, 6.07) is 7.91. The van der Waals surface area contributed by atoms with Crippen LogP contribution in [-0.4, -0.2) is 5.11 Å². The summed E-state index contributed by atoms with van der Waals surface area (Å²) in [5.74, 6) is -2.38. The molecule has 0 fully saturated rings. The van der Waals surface area contributed by atoms with E-state index in [1.54, 1.807) is 19.1 Å². The molecule has 0 saturated carbocycles. The minimum Gasteiger partial charge on any atom is -0.332 e. The van der Waals surface area contributed by atoms with E-state index < -0.39 is 17.5 Å². The molecule has 20 heavy (non-hydrogen) atoms. The minimum atomic E-state index is -0.987. The third kappa shape index (κ3) is 3.48. The Kier molecular flexibility index (Phi) is 4.24. The molecule has 2 nitrogen and oxygen atoms in total. The highest BCUT2D eigenvalue weighted by atomic mass is 32.1. The van der Waals surface area contributed by atoms with Gasteiger partial charge in [0.1, 0.15) is 5.82 Å². The average Bonchev–Trinajstić information content (AvgIpc) is 2.37. The highest BCUT2D eigenvalue weighted by Gasteiger charge is 2.06. The molecule has 0 amide bonds. The van der Waals surface area contributed by atoms with E-state index in [1.807, 2.05) is 0 Å². The van der Waals surface area contributed by atoms with E-state index in [4.69, 9.17) is 12.2 Å². The first-order chi connectivity index (χ1) is 9.45. The SMILES string of the molecule is Cc1ccc(NC(=S)Nc2ccc(F)c(F)c2)c(F)c1. The third-order valence-corrected chi connectivity index (χ3v) is 2.75. The Labute approximate surface area is 119 Å². The number of nitrogens with one attached hydrogen (secondary N) is 2.